The molecule has 3 atom stereocenters. The minimum absolute atomic E-state index is 0.188. The summed E-state index contributed by atoms with van der Waals surface area (Å²) in [6.45, 7) is 2.39. The summed E-state index contributed by atoms with van der Waals surface area (Å²) in [5.41, 5.74) is 0. The average Bonchev–Trinajstić information content (AvgIpc) is 3.16. The number of phosphoric ester groups is 1. The molecular weight excluding hydrogens is 707 g/mol. The van der Waals surface area contributed by atoms with Crippen molar-refractivity contribution in [1.29, 1.82) is 0 Å². The van der Waals surface area contributed by atoms with E-state index in [0.717, 1.165) is 51.4 Å². The Kier molecular flexibility index (Phi) is 39.0. The normalized spacial score (nSPS) is 13.9. The van der Waals surface area contributed by atoms with E-state index in [4.69, 9.17) is 23.6 Å². The molecule has 0 aliphatic rings. The van der Waals surface area contributed by atoms with Crippen molar-refractivity contribution in [3.05, 3.63) is 12.2 Å². The Hall–Kier alpha value is -1.29. The zero-order valence-electron chi connectivity index (χ0n) is 34.7. The zero-order valence-corrected chi connectivity index (χ0v) is 35.6. The van der Waals surface area contributed by atoms with Crippen LogP contribution in [-0.4, -0.2) is 65.7 Å². The lowest BCUT2D eigenvalue weighted by Gasteiger charge is -2.20. The van der Waals surface area contributed by atoms with Gasteiger partial charge < -0.3 is 24.6 Å². The number of carbonyl (C=O) groups is 2. The van der Waals surface area contributed by atoms with E-state index in [-0.39, 0.29) is 19.4 Å². The van der Waals surface area contributed by atoms with Crippen LogP contribution in [0.3, 0.4) is 0 Å². The van der Waals surface area contributed by atoms with Crippen LogP contribution in [0.4, 0.5) is 0 Å². The second-order valence-electron chi connectivity index (χ2n) is 15.1. The SMILES string of the molecule is CCCCCCCC/C=C/CCCCCCCC(=O)OC[C@H](COP(=O)(O)OC[C@@H](O)CO)OC(=O)CCCCCCCCCCCCCCCCCC. The third-order valence-corrected chi connectivity index (χ3v) is 10.6. The number of carbonyl (C=O) groups excluding carboxylic acids is 2. The van der Waals surface area contributed by atoms with Crippen molar-refractivity contribution >= 4 is 19.8 Å². The van der Waals surface area contributed by atoms with Crippen LogP contribution >= 0.6 is 7.82 Å². The van der Waals surface area contributed by atoms with Crippen molar-refractivity contribution in [2.24, 2.45) is 0 Å². The highest BCUT2D eigenvalue weighted by atomic mass is 31.2. The van der Waals surface area contributed by atoms with Gasteiger partial charge in [0.2, 0.25) is 0 Å². The standard InChI is InChI=1S/C43H83O10P/c1-3-5-7-9-11-13-15-17-19-21-23-25-27-29-31-33-35-43(47)53-41(39-52-54(48,49)51-37-40(45)36-44)38-50-42(46)34-32-30-28-26-24-22-20-18-16-14-12-10-8-6-4-2/h18,20,40-41,44-45H,3-17,19,21-39H2,1-2H3,(H,48,49)/b20-18+/t40-,41+/m0/s1. The maximum absolute atomic E-state index is 12.6. The zero-order chi connectivity index (χ0) is 39.8. The van der Waals surface area contributed by atoms with E-state index in [1.165, 1.54) is 122 Å². The van der Waals surface area contributed by atoms with E-state index < -0.39 is 51.8 Å². The lowest BCUT2D eigenvalue weighted by atomic mass is 10.0. The number of ether oxygens (including phenoxy) is 2. The third-order valence-electron chi connectivity index (χ3n) is 9.67. The Balaban J connectivity index is 4.27. The van der Waals surface area contributed by atoms with Crippen molar-refractivity contribution < 1.29 is 47.8 Å². The maximum atomic E-state index is 12.6. The van der Waals surface area contributed by atoms with E-state index in [1.807, 2.05) is 0 Å². The largest absolute Gasteiger partial charge is 0.472 e. The van der Waals surface area contributed by atoms with Gasteiger partial charge in [0.1, 0.15) is 12.7 Å². The molecule has 10 nitrogen and oxygen atoms in total. The summed E-state index contributed by atoms with van der Waals surface area (Å²) in [6, 6.07) is 0. The highest BCUT2D eigenvalue weighted by Crippen LogP contribution is 2.43. The fraction of sp³-hybridized carbons (Fsp3) is 0.907. The number of esters is 2. The van der Waals surface area contributed by atoms with Crippen molar-refractivity contribution in [2.75, 3.05) is 26.4 Å². The number of aliphatic hydroxyl groups excluding tert-OH is 2. The molecule has 0 aliphatic heterocycles. The predicted octanol–water partition coefficient (Wildman–Crippen LogP) is 11.6. The number of hydrogen-bond donors (Lipinski definition) is 3. The molecule has 11 heteroatoms. The van der Waals surface area contributed by atoms with Crippen molar-refractivity contribution in [2.45, 2.75) is 225 Å². The number of unbranched alkanes of at least 4 members (excludes halogenated alkanes) is 26. The minimum Gasteiger partial charge on any atom is -0.462 e. The number of allylic oxidation sites excluding steroid dienone is 2. The van der Waals surface area contributed by atoms with Gasteiger partial charge in [0.15, 0.2) is 6.10 Å². The lowest BCUT2D eigenvalue weighted by Crippen LogP contribution is -2.29. The number of rotatable bonds is 42. The molecule has 0 fully saturated rings. The molecule has 0 amide bonds. The number of aliphatic hydroxyl groups is 2. The first kappa shape index (κ1) is 52.7. The Morgan fingerprint density at radius 3 is 1.33 bits per heavy atom. The molecule has 54 heavy (non-hydrogen) atoms. The van der Waals surface area contributed by atoms with Crippen LogP contribution in [0, 0.1) is 0 Å². The lowest BCUT2D eigenvalue weighted by molar-refractivity contribution is -0.161. The molecule has 0 aliphatic carbocycles. The van der Waals surface area contributed by atoms with Gasteiger partial charge >= 0.3 is 19.8 Å². The fourth-order valence-electron chi connectivity index (χ4n) is 6.22. The van der Waals surface area contributed by atoms with Crippen LogP contribution in [0.2, 0.25) is 0 Å². The van der Waals surface area contributed by atoms with Gasteiger partial charge in [-0.3, -0.25) is 18.6 Å². The average molecular weight is 791 g/mol. The van der Waals surface area contributed by atoms with E-state index in [9.17, 15) is 24.2 Å². The summed E-state index contributed by atoms with van der Waals surface area (Å²) in [7, 11) is -4.61. The highest BCUT2D eigenvalue weighted by molar-refractivity contribution is 7.47. The van der Waals surface area contributed by atoms with Gasteiger partial charge in [-0.2, -0.15) is 0 Å². The fourth-order valence-corrected chi connectivity index (χ4v) is 7.01. The Bertz CT molecular complexity index is 915. The summed E-state index contributed by atoms with van der Waals surface area (Å²) >= 11 is 0. The summed E-state index contributed by atoms with van der Waals surface area (Å²) < 4.78 is 32.7. The maximum Gasteiger partial charge on any atom is 0.472 e. The van der Waals surface area contributed by atoms with E-state index in [2.05, 4.69) is 26.0 Å². The smallest absolute Gasteiger partial charge is 0.462 e. The Morgan fingerprint density at radius 1 is 0.537 bits per heavy atom. The van der Waals surface area contributed by atoms with Gasteiger partial charge in [0.25, 0.3) is 0 Å². The monoisotopic (exact) mass is 791 g/mol. The van der Waals surface area contributed by atoms with E-state index >= 15 is 0 Å². The quantitative estimate of drug-likeness (QED) is 0.0236. The van der Waals surface area contributed by atoms with Crippen LogP contribution in [0.5, 0.6) is 0 Å². The second kappa shape index (κ2) is 39.9. The molecule has 0 aromatic carbocycles. The molecule has 3 N–H and O–H groups in total. The van der Waals surface area contributed by atoms with Crippen LogP contribution in [-0.2, 0) is 32.7 Å². The first-order valence-corrected chi connectivity index (χ1v) is 23.6. The van der Waals surface area contributed by atoms with Gasteiger partial charge in [0.05, 0.1) is 19.8 Å². The second-order valence-corrected chi connectivity index (χ2v) is 16.5. The molecule has 0 spiro atoms. The predicted molar refractivity (Wildman–Crippen MR) is 219 cm³/mol. The topological polar surface area (TPSA) is 149 Å². The van der Waals surface area contributed by atoms with Crippen molar-refractivity contribution in [1.82, 2.24) is 0 Å². The molecule has 0 rings (SSSR count). The first-order chi connectivity index (χ1) is 26.2. The number of phosphoric acid groups is 1. The Morgan fingerprint density at radius 2 is 0.907 bits per heavy atom. The summed E-state index contributed by atoms with van der Waals surface area (Å²) in [6.07, 6.45) is 37.4. The molecule has 0 aromatic rings. The molecule has 0 bridgehead atoms. The van der Waals surface area contributed by atoms with Crippen molar-refractivity contribution in [3.63, 3.8) is 0 Å². The Labute approximate surface area is 330 Å². The first-order valence-electron chi connectivity index (χ1n) is 22.1. The number of hydrogen-bond acceptors (Lipinski definition) is 9. The summed E-state index contributed by atoms with van der Waals surface area (Å²) in [5.74, 6) is -0.923. The van der Waals surface area contributed by atoms with Crippen LogP contribution in [0.15, 0.2) is 12.2 Å². The molecule has 0 saturated carbocycles. The highest BCUT2D eigenvalue weighted by Gasteiger charge is 2.27. The molecule has 0 radical (unpaired) electrons. The summed E-state index contributed by atoms with van der Waals surface area (Å²) in [5, 5.41) is 18.3. The van der Waals surface area contributed by atoms with Gasteiger partial charge in [0, 0.05) is 12.8 Å². The molecule has 0 heterocycles. The van der Waals surface area contributed by atoms with Gasteiger partial charge in [-0.1, -0.05) is 174 Å². The molecule has 0 saturated heterocycles. The van der Waals surface area contributed by atoms with Crippen LogP contribution in [0.1, 0.15) is 213 Å². The molecule has 0 aromatic heterocycles. The van der Waals surface area contributed by atoms with E-state index in [0.29, 0.717) is 12.8 Å². The van der Waals surface area contributed by atoms with Gasteiger partial charge in [-0.25, -0.2) is 4.57 Å². The molecular formula is C43H83O10P. The third kappa shape index (κ3) is 39.0. The van der Waals surface area contributed by atoms with Crippen LogP contribution < -0.4 is 0 Å². The van der Waals surface area contributed by atoms with E-state index in [1.54, 1.807) is 0 Å². The minimum atomic E-state index is -4.61. The van der Waals surface area contributed by atoms with Crippen molar-refractivity contribution in [3.8, 4) is 0 Å². The van der Waals surface area contributed by atoms with Gasteiger partial charge in [-0.05, 0) is 38.5 Å². The molecule has 1 unspecified atom stereocenters. The summed E-state index contributed by atoms with van der Waals surface area (Å²) in [4.78, 5) is 35.0. The van der Waals surface area contributed by atoms with Gasteiger partial charge in [-0.15, -0.1) is 0 Å². The van der Waals surface area contributed by atoms with Crippen LogP contribution in [0.25, 0.3) is 0 Å². The molecule has 320 valence electrons.